The molecule has 1 aliphatic rings. The summed E-state index contributed by atoms with van der Waals surface area (Å²) in [6, 6.07) is 6.52. The zero-order valence-electron chi connectivity index (χ0n) is 11.0. The molecular formula is C15H22ClNO. The molecule has 2 rings (SSSR count). The molecule has 18 heavy (non-hydrogen) atoms. The van der Waals surface area contributed by atoms with E-state index in [1.807, 2.05) is 18.2 Å². The number of anilines is 1. The topological polar surface area (TPSA) is 23.5 Å². The Balaban J connectivity index is 2.20. The van der Waals surface area contributed by atoms with E-state index in [0.717, 1.165) is 22.8 Å². The molecule has 0 unspecified atom stereocenters. The molecule has 0 bridgehead atoms. The fraction of sp³-hybridized carbons (Fsp3) is 0.600. The normalized spacial score (nSPS) is 16.8. The maximum atomic E-state index is 9.13. The first-order valence-electron chi connectivity index (χ1n) is 6.92. The van der Waals surface area contributed by atoms with Gasteiger partial charge in [-0.05, 0) is 37.5 Å². The van der Waals surface area contributed by atoms with Crippen molar-refractivity contribution in [3.63, 3.8) is 0 Å². The molecule has 0 aliphatic heterocycles. The molecule has 2 nitrogen and oxygen atoms in total. The minimum absolute atomic E-state index is 0.0511. The number of halogens is 1. The third-order valence-corrected chi connectivity index (χ3v) is 4.16. The van der Waals surface area contributed by atoms with Crippen LogP contribution in [0.5, 0.6) is 0 Å². The Labute approximate surface area is 115 Å². The van der Waals surface area contributed by atoms with Gasteiger partial charge in [-0.15, -0.1) is 0 Å². The van der Waals surface area contributed by atoms with Gasteiger partial charge in [0.1, 0.15) is 0 Å². The van der Waals surface area contributed by atoms with Crippen LogP contribution in [0.2, 0.25) is 5.02 Å². The first kappa shape index (κ1) is 13.7. The summed E-state index contributed by atoms with van der Waals surface area (Å²) in [6.07, 6.45) is 6.56. The third kappa shape index (κ3) is 2.99. The zero-order valence-corrected chi connectivity index (χ0v) is 11.8. The van der Waals surface area contributed by atoms with Gasteiger partial charge in [0.05, 0.1) is 17.3 Å². The Morgan fingerprint density at radius 1 is 1.28 bits per heavy atom. The Kier molecular flexibility index (Phi) is 4.90. The molecular weight excluding hydrogens is 246 g/mol. The molecule has 3 heteroatoms. The van der Waals surface area contributed by atoms with E-state index < -0.39 is 0 Å². The fourth-order valence-corrected chi connectivity index (χ4v) is 3.21. The van der Waals surface area contributed by atoms with Crippen LogP contribution in [0.3, 0.4) is 0 Å². The SMILES string of the molecule is CCN(c1ccc(CO)cc1Cl)C1CCCCC1. The van der Waals surface area contributed by atoms with E-state index in [2.05, 4.69) is 11.8 Å². The van der Waals surface area contributed by atoms with E-state index >= 15 is 0 Å². The van der Waals surface area contributed by atoms with Gasteiger partial charge in [0.15, 0.2) is 0 Å². The lowest BCUT2D eigenvalue weighted by Gasteiger charge is -2.36. The van der Waals surface area contributed by atoms with Crippen molar-refractivity contribution in [3.8, 4) is 0 Å². The molecule has 1 aromatic carbocycles. The number of rotatable bonds is 4. The van der Waals surface area contributed by atoms with Crippen molar-refractivity contribution in [2.24, 2.45) is 0 Å². The van der Waals surface area contributed by atoms with Crippen LogP contribution in [0.25, 0.3) is 0 Å². The smallest absolute Gasteiger partial charge is 0.0682 e. The average molecular weight is 268 g/mol. The molecule has 0 heterocycles. The molecule has 1 fully saturated rings. The van der Waals surface area contributed by atoms with Crippen molar-refractivity contribution >= 4 is 17.3 Å². The van der Waals surface area contributed by atoms with Crippen LogP contribution in [0.4, 0.5) is 5.69 Å². The fourth-order valence-electron chi connectivity index (χ4n) is 2.90. The van der Waals surface area contributed by atoms with Crippen molar-refractivity contribution in [1.29, 1.82) is 0 Å². The van der Waals surface area contributed by atoms with Crippen LogP contribution < -0.4 is 4.90 Å². The number of hydrogen-bond donors (Lipinski definition) is 1. The first-order chi connectivity index (χ1) is 8.76. The van der Waals surface area contributed by atoms with Crippen molar-refractivity contribution in [2.45, 2.75) is 51.7 Å². The molecule has 1 aromatic rings. The van der Waals surface area contributed by atoms with E-state index in [4.69, 9.17) is 16.7 Å². The summed E-state index contributed by atoms with van der Waals surface area (Å²) in [4.78, 5) is 2.42. The number of hydrogen-bond acceptors (Lipinski definition) is 2. The van der Waals surface area contributed by atoms with Gasteiger partial charge in [0.25, 0.3) is 0 Å². The van der Waals surface area contributed by atoms with Crippen LogP contribution in [0, 0.1) is 0 Å². The van der Waals surface area contributed by atoms with Crippen LogP contribution in [0.1, 0.15) is 44.6 Å². The van der Waals surface area contributed by atoms with Crippen LogP contribution in [-0.4, -0.2) is 17.7 Å². The van der Waals surface area contributed by atoms with Crippen molar-refractivity contribution in [1.82, 2.24) is 0 Å². The highest BCUT2D eigenvalue weighted by Gasteiger charge is 2.21. The van der Waals surface area contributed by atoms with Crippen LogP contribution >= 0.6 is 11.6 Å². The molecule has 0 radical (unpaired) electrons. The number of nitrogens with zero attached hydrogens (tertiary/aromatic N) is 1. The van der Waals surface area contributed by atoms with Gasteiger partial charge in [-0.3, -0.25) is 0 Å². The maximum Gasteiger partial charge on any atom is 0.0682 e. The molecule has 0 spiro atoms. The molecule has 1 aliphatic carbocycles. The van der Waals surface area contributed by atoms with E-state index in [0.29, 0.717) is 6.04 Å². The highest BCUT2D eigenvalue weighted by molar-refractivity contribution is 6.33. The number of benzene rings is 1. The second-order valence-corrected chi connectivity index (χ2v) is 5.43. The molecule has 0 amide bonds. The van der Waals surface area contributed by atoms with Gasteiger partial charge < -0.3 is 10.0 Å². The van der Waals surface area contributed by atoms with Crippen molar-refractivity contribution in [3.05, 3.63) is 28.8 Å². The largest absolute Gasteiger partial charge is 0.392 e. The number of aliphatic hydroxyl groups is 1. The summed E-state index contributed by atoms with van der Waals surface area (Å²) in [5.74, 6) is 0. The van der Waals surface area contributed by atoms with Crippen molar-refractivity contribution < 1.29 is 5.11 Å². The highest BCUT2D eigenvalue weighted by atomic mass is 35.5. The van der Waals surface area contributed by atoms with Gasteiger partial charge in [-0.25, -0.2) is 0 Å². The summed E-state index contributed by atoms with van der Waals surface area (Å²) < 4.78 is 0. The van der Waals surface area contributed by atoms with Crippen molar-refractivity contribution in [2.75, 3.05) is 11.4 Å². The quantitative estimate of drug-likeness (QED) is 0.892. The minimum Gasteiger partial charge on any atom is -0.392 e. The second-order valence-electron chi connectivity index (χ2n) is 5.02. The predicted octanol–water partition coefficient (Wildman–Crippen LogP) is 3.99. The molecule has 1 saturated carbocycles. The zero-order chi connectivity index (χ0) is 13.0. The van der Waals surface area contributed by atoms with E-state index in [1.54, 1.807) is 0 Å². The molecule has 0 aromatic heterocycles. The van der Waals surface area contributed by atoms with Gasteiger partial charge in [0.2, 0.25) is 0 Å². The van der Waals surface area contributed by atoms with Gasteiger partial charge in [0, 0.05) is 12.6 Å². The van der Waals surface area contributed by atoms with E-state index in [9.17, 15) is 0 Å². The summed E-state index contributed by atoms with van der Waals surface area (Å²) in [5.41, 5.74) is 1.99. The first-order valence-corrected chi connectivity index (χ1v) is 7.30. The average Bonchev–Trinajstić information content (AvgIpc) is 2.42. The van der Waals surface area contributed by atoms with Crippen LogP contribution in [0.15, 0.2) is 18.2 Å². The van der Waals surface area contributed by atoms with Gasteiger partial charge in [-0.1, -0.05) is 36.9 Å². The summed E-state index contributed by atoms with van der Waals surface area (Å²) in [7, 11) is 0. The van der Waals surface area contributed by atoms with Gasteiger partial charge >= 0.3 is 0 Å². The predicted molar refractivity (Wildman–Crippen MR) is 77.3 cm³/mol. The third-order valence-electron chi connectivity index (χ3n) is 3.86. The minimum atomic E-state index is 0.0511. The Morgan fingerprint density at radius 3 is 2.56 bits per heavy atom. The maximum absolute atomic E-state index is 9.13. The standard InChI is InChI=1S/C15H22ClNO/c1-2-17(13-6-4-3-5-7-13)15-9-8-12(11-18)10-14(15)16/h8-10,13,18H,2-7,11H2,1H3. The lowest BCUT2D eigenvalue weighted by molar-refractivity contribution is 0.282. The van der Waals surface area contributed by atoms with E-state index in [1.165, 1.54) is 32.1 Å². The Bertz CT molecular complexity index is 388. The highest BCUT2D eigenvalue weighted by Crippen LogP contribution is 2.32. The van der Waals surface area contributed by atoms with E-state index in [-0.39, 0.29) is 6.61 Å². The lowest BCUT2D eigenvalue weighted by atomic mass is 9.93. The molecule has 0 saturated heterocycles. The monoisotopic (exact) mass is 267 g/mol. The molecule has 0 atom stereocenters. The Hall–Kier alpha value is -0.730. The lowest BCUT2D eigenvalue weighted by Crippen LogP contribution is -2.36. The Morgan fingerprint density at radius 2 is 2.00 bits per heavy atom. The van der Waals surface area contributed by atoms with Crippen LogP contribution in [-0.2, 0) is 6.61 Å². The van der Waals surface area contributed by atoms with Gasteiger partial charge in [-0.2, -0.15) is 0 Å². The summed E-state index contributed by atoms with van der Waals surface area (Å²) in [6.45, 7) is 3.23. The number of aliphatic hydroxyl groups excluding tert-OH is 1. The second kappa shape index (κ2) is 6.44. The summed E-state index contributed by atoms with van der Waals surface area (Å²) in [5, 5.41) is 9.88. The molecule has 100 valence electrons. The molecule has 1 N–H and O–H groups in total. The summed E-state index contributed by atoms with van der Waals surface area (Å²) >= 11 is 6.35.